The maximum absolute atomic E-state index is 13.3. The van der Waals surface area contributed by atoms with Crippen LogP contribution in [0.3, 0.4) is 0 Å². The highest BCUT2D eigenvalue weighted by Crippen LogP contribution is 2.29. The largest absolute Gasteiger partial charge is 0.395 e. The van der Waals surface area contributed by atoms with Gasteiger partial charge in [0.2, 0.25) is 0 Å². The summed E-state index contributed by atoms with van der Waals surface area (Å²) in [5, 5.41) is 5.74. The van der Waals surface area contributed by atoms with Crippen LogP contribution < -0.4 is 11.1 Å². The monoisotopic (exact) mass is 269 g/mol. The second kappa shape index (κ2) is 5.30. The van der Waals surface area contributed by atoms with Gasteiger partial charge < -0.3 is 11.1 Å². The van der Waals surface area contributed by atoms with Crippen LogP contribution in [0.1, 0.15) is 24.4 Å². The van der Waals surface area contributed by atoms with E-state index in [1.165, 1.54) is 17.4 Å². The van der Waals surface area contributed by atoms with Crippen LogP contribution in [-0.4, -0.2) is 4.98 Å². The van der Waals surface area contributed by atoms with Gasteiger partial charge >= 0.3 is 0 Å². The molecule has 96 valence electrons. The Hall–Kier alpha value is -1.69. The van der Waals surface area contributed by atoms with Gasteiger partial charge in [-0.3, -0.25) is 0 Å². The topological polar surface area (TPSA) is 50.9 Å². The van der Waals surface area contributed by atoms with E-state index < -0.39 is 11.6 Å². The first-order valence-corrected chi connectivity index (χ1v) is 6.40. The summed E-state index contributed by atoms with van der Waals surface area (Å²) in [5.74, 6) is -1.41. The van der Waals surface area contributed by atoms with E-state index in [2.05, 4.69) is 10.3 Å². The zero-order valence-corrected chi connectivity index (χ0v) is 10.6. The molecule has 1 heterocycles. The van der Waals surface area contributed by atoms with Crippen molar-refractivity contribution in [2.24, 2.45) is 0 Å². The van der Waals surface area contributed by atoms with E-state index in [0.29, 0.717) is 0 Å². The van der Waals surface area contributed by atoms with E-state index in [-0.39, 0.29) is 17.4 Å². The molecular formula is C12H13F2N3S. The standard InChI is InChI=1S/C12H13F2N3S/c1-2-9(12-16-3-4-18-12)17-10-6-7(13)5-8(14)11(10)15/h3-6,9,17H,2,15H2,1H3. The molecule has 1 atom stereocenters. The van der Waals surface area contributed by atoms with Gasteiger partial charge in [0.05, 0.1) is 17.4 Å². The zero-order chi connectivity index (χ0) is 13.1. The molecular weight excluding hydrogens is 256 g/mol. The van der Waals surface area contributed by atoms with Gasteiger partial charge in [-0.25, -0.2) is 13.8 Å². The lowest BCUT2D eigenvalue weighted by molar-refractivity contribution is 0.586. The summed E-state index contributed by atoms with van der Waals surface area (Å²) < 4.78 is 26.5. The third-order valence-electron chi connectivity index (χ3n) is 2.58. The third kappa shape index (κ3) is 2.59. The number of thiazole rings is 1. The summed E-state index contributed by atoms with van der Waals surface area (Å²) in [6, 6.07) is 1.85. The minimum absolute atomic E-state index is 0.0774. The lowest BCUT2D eigenvalue weighted by Crippen LogP contribution is -2.11. The molecule has 0 spiro atoms. The molecule has 0 aliphatic rings. The predicted octanol–water partition coefficient (Wildman–Crippen LogP) is 3.57. The first-order valence-electron chi connectivity index (χ1n) is 5.52. The van der Waals surface area contributed by atoms with Crippen LogP contribution in [0, 0.1) is 11.6 Å². The maximum atomic E-state index is 13.3. The highest BCUT2D eigenvalue weighted by atomic mass is 32.1. The molecule has 18 heavy (non-hydrogen) atoms. The fourth-order valence-corrected chi connectivity index (χ4v) is 2.41. The molecule has 1 aromatic carbocycles. The van der Waals surface area contributed by atoms with Crippen LogP contribution in [0.25, 0.3) is 0 Å². The third-order valence-corrected chi connectivity index (χ3v) is 3.47. The number of nitrogens with two attached hydrogens (primary N) is 1. The summed E-state index contributed by atoms with van der Waals surface area (Å²) in [7, 11) is 0. The van der Waals surface area contributed by atoms with Crippen molar-refractivity contribution in [1.82, 2.24) is 4.98 Å². The molecule has 0 saturated carbocycles. The molecule has 0 saturated heterocycles. The lowest BCUT2D eigenvalue weighted by atomic mass is 10.2. The van der Waals surface area contributed by atoms with Gasteiger partial charge in [0.25, 0.3) is 0 Å². The number of nitrogens with zero attached hydrogens (tertiary/aromatic N) is 1. The summed E-state index contributed by atoms with van der Waals surface area (Å²) in [6.45, 7) is 1.96. The molecule has 0 bridgehead atoms. The number of hydrogen-bond acceptors (Lipinski definition) is 4. The Balaban J connectivity index is 2.28. The Morgan fingerprint density at radius 3 is 2.83 bits per heavy atom. The van der Waals surface area contributed by atoms with Gasteiger partial charge in [0.1, 0.15) is 10.8 Å². The molecule has 6 heteroatoms. The van der Waals surface area contributed by atoms with Crippen LogP contribution in [0.2, 0.25) is 0 Å². The summed E-state index contributed by atoms with van der Waals surface area (Å²) in [5.41, 5.74) is 5.77. The number of aromatic nitrogens is 1. The second-order valence-electron chi connectivity index (χ2n) is 3.82. The van der Waals surface area contributed by atoms with Gasteiger partial charge in [0.15, 0.2) is 5.82 Å². The molecule has 0 aliphatic heterocycles. The molecule has 2 aromatic rings. The van der Waals surface area contributed by atoms with Crippen molar-refractivity contribution in [3.63, 3.8) is 0 Å². The quantitative estimate of drug-likeness (QED) is 0.834. The van der Waals surface area contributed by atoms with E-state index in [1.54, 1.807) is 6.20 Å². The van der Waals surface area contributed by atoms with Crippen molar-refractivity contribution in [1.29, 1.82) is 0 Å². The Labute approximate surface area is 108 Å². The van der Waals surface area contributed by atoms with E-state index >= 15 is 0 Å². The number of halogens is 2. The summed E-state index contributed by atoms with van der Waals surface area (Å²) >= 11 is 1.49. The first kappa shape index (κ1) is 12.8. The molecule has 2 rings (SSSR count). The van der Waals surface area contributed by atoms with Crippen LogP contribution >= 0.6 is 11.3 Å². The van der Waals surface area contributed by atoms with Gasteiger partial charge in [-0.15, -0.1) is 11.3 Å². The van der Waals surface area contributed by atoms with Gasteiger partial charge in [0, 0.05) is 17.6 Å². The molecule has 0 radical (unpaired) electrons. The van der Waals surface area contributed by atoms with E-state index in [4.69, 9.17) is 5.73 Å². The van der Waals surface area contributed by atoms with Crippen LogP contribution in [0.4, 0.5) is 20.2 Å². The maximum Gasteiger partial charge on any atom is 0.151 e. The van der Waals surface area contributed by atoms with Crippen molar-refractivity contribution < 1.29 is 8.78 Å². The Morgan fingerprint density at radius 1 is 1.44 bits per heavy atom. The van der Waals surface area contributed by atoms with Crippen molar-refractivity contribution in [3.8, 4) is 0 Å². The van der Waals surface area contributed by atoms with E-state index in [1.807, 2.05) is 12.3 Å². The van der Waals surface area contributed by atoms with Crippen molar-refractivity contribution in [2.45, 2.75) is 19.4 Å². The van der Waals surface area contributed by atoms with Crippen LogP contribution in [0.15, 0.2) is 23.7 Å². The van der Waals surface area contributed by atoms with Crippen molar-refractivity contribution in [3.05, 3.63) is 40.4 Å². The highest BCUT2D eigenvalue weighted by Gasteiger charge is 2.15. The summed E-state index contributed by atoms with van der Waals surface area (Å²) in [4.78, 5) is 4.19. The SMILES string of the molecule is CCC(Nc1cc(F)cc(F)c1N)c1nccs1. The van der Waals surface area contributed by atoms with Crippen molar-refractivity contribution in [2.75, 3.05) is 11.1 Å². The van der Waals surface area contributed by atoms with Crippen LogP contribution in [-0.2, 0) is 0 Å². The summed E-state index contributed by atoms with van der Waals surface area (Å²) in [6.07, 6.45) is 2.44. The fraction of sp³-hybridized carbons (Fsp3) is 0.250. The number of hydrogen-bond donors (Lipinski definition) is 2. The average molecular weight is 269 g/mol. The van der Waals surface area contributed by atoms with E-state index in [0.717, 1.165) is 17.5 Å². The molecule has 0 fully saturated rings. The molecule has 1 aromatic heterocycles. The fourth-order valence-electron chi connectivity index (χ4n) is 1.64. The Bertz CT molecular complexity index is 528. The number of nitrogen functional groups attached to an aromatic ring is 1. The first-order chi connectivity index (χ1) is 8.61. The van der Waals surface area contributed by atoms with Crippen molar-refractivity contribution >= 4 is 22.7 Å². The molecule has 3 N–H and O–H groups in total. The number of anilines is 2. The molecule has 1 unspecified atom stereocenters. The zero-order valence-electron chi connectivity index (χ0n) is 9.78. The normalized spacial score (nSPS) is 12.4. The van der Waals surface area contributed by atoms with Gasteiger partial charge in [-0.2, -0.15) is 0 Å². The number of benzene rings is 1. The predicted molar refractivity (Wildman–Crippen MR) is 69.5 cm³/mol. The second-order valence-corrected chi connectivity index (χ2v) is 4.75. The van der Waals surface area contributed by atoms with Gasteiger partial charge in [-0.05, 0) is 12.5 Å². The molecule has 0 aliphatic carbocycles. The van der Waals surface area contributed by atoms with Gasteiger partial charge in [-0.1, -0.05) is 6.92 Å². The molecule has 0 amide bonds. The van der Waals surface area contributed by atoms with E-state index in [9.17, 15) is 8.78 Å². The number of nitrogens with one attached hydrogen (secondary N) is 1. The Morgan fingerprint density at radius 2 is 2.22 bits per heavy atom. The number of rotatable bonds is 4. The minimum Gasteiger partial charge on any atom is -0.395 e. The van der Waals surface area contributed by atoms with Crippen LogP contribution in [0.5, 0.6) is 0 Å². The lowest BCUT2D eigenvalue weighted by Gasteiger charge is -2.17. The smallest absolute Gasteiger partial charge is 0.151 e. The highest BCUT2D eigenvalue weighted by molar-refractivity contribution is 7.09. The molecule has 3 nitrogen and oxygen atoms in total. The average Bonchev–Trinajstić information content (AvgIpc) is 2.85. The minimum atomic E-state index is -0.758. The Kier molecular flexibility index (Phi) is 3.76.